The Labute approximate surface area is 838 Å². The van der Waals surface area contributed by atoms with Crippen molar-refractivity contribution in [1.82, 2.24) is 37.2 Å². The van der Waals surface area contributed by atoms with Crippen molar-refractivity contribution in [3.8, 4) is 0 Å². The second-order valence-electron chi connectivity index (χ2n) is 35.9. The minimum atomic E-state index is -3.80. The summed E-state index contributed by atoms with van der Waals surface area (Å²) in [5, 5.41) is 402. The fraction of sp³-hybridized carbons (Fsp3) is 0.863. The zero-order chi connectivity index (χ0) is 112. The molecule has 8 heterocycles. The van der Waals surface area contributed by atoms with Crippen LogP contribution in [0.5, 0.6) is 0 Å². The Morgan fingerprint density at radius 3 is 1.07 bits per heavy atom. The molecule has 69 nitrogen and oxygen atoms in total. The van der Waals surface area contributed by atoms with Crippen LogP contribution in [0.1, 0.15) is 46.5 Å². The van der Waals surface area contributed by atoms with Crippen LogP contribution in [0.3, 0.4) is 0 Å². The summed E-state index contributed by atoms with van der Waals surface area (Å²) in [4.78, 5) is 145. The van der Waals surface area contributed by atoms with Gasteiger partial charge < -0.3 is 292 Å². The lowest BCUT2D eigenvalue weighted by Crippen LogP contribution is -2.74. The molecular formula is C80H131N7O62. The minimum absolute atomic E-state index is 0.767. The van der Waals surface area contributed by atoms with Crippen LogP contribution in [-0.2, 0) is 129 Å². The van der Waals surface area contributed by atoms with Gasteiger partial charge in [-0.2, -0.15) is 0 Å². The van der Waals surface area contributed by atoms with Crippen molar-refractivity contribution in [3.05, 3.63) is 0 Å². The number of carbonyl (C=O) groups is 11. The lowest BCUT2D eigenvalue weighted by molar-refractivity contribution is -0.394. The summed E-state index contributed by atoms with van der Waals surface area (Å²) in [7, 11) is 0. The van der Waals surface area contributed by atoms with Crippen molar-refractivity contribution in [2.45, 2.75) is 338 Å². The number of carboxylic acids is 4. The number of hydrogen-bond acceptors (Lipinski definition) is 58. The van der Waals surface area contributed by atoms with Gasteiger partial charge in [-0.3, -0.25) is 33.6 Å². The third kappa shape index (κ3) is 29.2. The summed E-state index contributed by atoms with van der Waals surface area (Å²) >= 11 is 0. The van der Waals surface area contributed by atoms with Gasteiger partial charge in [0, 0.05) is 46.5 Å². The number of hydrogen-bond donors (Lipinski definition) is 42. The van der Waals surface area contributed by atoms with E-state index in [0.717, 1.165) is 20.8 Å². The molecule has 8 fully saturated rings. The number of carbonyl (C=O) groups excluding carboxylic acids is 7. The molecule has 0 saturated carbocycles. The molecule has 0 aromatic rings. The topological polar surface area (TPSA) is 1130 Å². The standard InChI is InChI=1S/C80H131N7O62/c1-22(101)81-25(8-88)60(51(117)32(110)21-134-77(73(126)127)4-26(104)45(86-41(113)19-99)65(145-77)54(120)35(13-93)144-79(75(130)131)6-28(106)46(87-42(114)20-100)66(148-79)55(121)36(14-94)143-78(74(128)129)5-27(105)43(84-39(111)17-97)63(146-78)49(115)30(108)9-89)139-71-58(124)57(123)61(37(15-95)138-71)140-72-59(125)68(53(119)34(12-92)136-72)142-70-48(83-24(3)103)67(62(38(16-96)137-70)141-69-47(82-23(2)102)56(122)52(118)33(11-91)135-69)149-80(76(132)133)7-29(107)44(85-40(112)18-98)64(147-80)50(116)31(109)10-90/h25-38,43-72,88-100,104-110,115-125H,4-21H2,1-3H3,(H,81,101)(H,82,102)(H,83,103)(H,84,111)(H,85,112)(H,86,113)(H,87,114)(H,126,127)(H,128,129)(H,130,131)(H,132,133)/t25-,26-,27-,28-,29-,30+,31+,32+,33+,34+,35+,36+,37+,38+,43+,44+,45+,46+,47+,48+,49+,50+,51-,52-,53-,54+,55+,56+,57+,58+,59+,60+,61-,62-,63+,64+,65+,66+,67+,68-,69-,70-,71-,72-,77+,78+,79+,80-/m0/s1. The molecule has 7 amide bonds. The van der Waals surface area contributed by atoms with Crippen LogP contribution in [0.2, 0.25) is 0 Å². The lowest BCUT2D eigenvalue weighted by Gasteiger charge is -2.53. The molecule has 149 heavy (non-hydrogen) atoms. The van der Waals surface area contributed by atoms with Crippen LogP contribution in [0.15, 0.2) is 0 Å². The van der Waals surface area contributed by atoms with Gasteiger partial charge in [-0.15, -0.1) is 0 Å². The van der Waals surface area contributed by atoms with Crippen molar-refractivity contribution in [3.63, 3.8) is 0 Å². The first-order valence-electron chi connectivity index (χ1n) is 45.7. The van der Waals surface area contributed by atoms with E-state index in [-0.39, 0.29) is 0 Å². The molecule has 48 atom stereocenters. The van der Waals surface area contributed by atoms with Crippen molar-refractivity contribution in [2.24, 2.45) is 0 Å². The van der Waals surface area contributed by atoms with Gasteiger partial charge in [0.25, 0.3) is 23.1 Å². The molecule has 8 saturated heterocycles. The summed E-state index contributed by atoms with van der Waals surface area (Å²) in [5.41, 5.74) is 0. The van der Waals surface area contributed by atoms with Crippen LogP contribution in [-0.4, -0.2) is 628 Å². The number of aliphatic carboxylic acids is 4. The van der Waals surface area contributed by atoms with Crippen LogP contribution in [0, 0.1) is 0 Å². The number of aliphatic hydroxyl groups excluding tert-OH is 31. The molecule has 0 spiro atoms. The number of aliphatic hydroxyl groups is 31. The van der Waals surface area contributed by atoms with E-state index in [1.54, 1.807) is 0 Å². The summed E-state index contributed by atoms with van der Waals surface area (Å²) in [5.74, 6) is -33.2. The first-order chi connectivity index (χ1) is 70.0. The molecule has 0 unspecified atom stereocenters. The highest BCUT2D eigenvalue weighted by Crippen LogP contribution is 2.45. The lowest BCUT2D eigenvalue weighted by atomic mass is 9.86. The highest BCUT2D eigenvalue weighted by molar-refractivity contribution is 5.81. The van der Waals surface area contributed by atoms with Gasteiger partial charge in [0.05, 0.1) is 121 Å². The molecule has 0 aromatic carbocycles. The zero-order valence-corrected chi connectivity index (χ0v) is 78.8. The van der Waals surface area contributed by atoms with Crippen LogP contribution < -0.4 is 37.2 Å². The van der Waals surface area contributed by atoms with Gasteiger partial charge in [0.1, 0.15) is 216 Å². The van der Waals surface area contributed by atoms with Gasteiger partial charge in [-0.1, -0.05) is 0 Å². The van der Waals surface area contributed by atoms with Gasteiger partial charge in [-0.05, 0) is 0 Å². The summed E-state index contributed by atoms with van der Waals surface area (Å²) in [6, 6.07) is -15.2. The Bertz CT molecular complexity index is 4360. The molecule has 858 valence electrons. The first kappa shape index (κ1) is 126. The van der Waals surface area contributed by atoms with E-state index in [4.69, 9.17) is 75.8 Å². The monoisotopic (exact) mass is 2180 g/mol. The minimum Gasteiger partial charge on any atom is -0.477 e. The Balaban J connectivity index is 1.08. The smallest absolute Gasteiger partial charge is 0.364 e. The van der Waals surface area contributed by atoms with Crippen molar-refractivity contribution in [1.29, 1.82) is 0 Å². The average Bonchev–Trinajstić information content (AvgIpc) is 0.746. The number of rotatable bonds is 52. The summed E-state index contributed by atoms with van der Waals surface area (Å²) < 4.78 is 93.3. The molecule has 8 aliphatic heterocycles. The Kier molecular flexibility index (Phi) is 46.7. The van der Waals surface area contributed by atoms with Crippen molar-refractivity contribution < 1.29 is 307 Å². The second-order valence-corrected chi connectivity index (χ2v) is 35.9. The Morgan fingerprint density at radius 2 is 0.678 bits per heavy atom. The van der Waals surface area contributed by atoms with E-state index in [9.17, 15) is 231 Å². The third-order valence-corrected chi connectivity index (χ3v) is 25.6. The van der Waals surface area contributed by atoms with E-state index in [1.165, 1.54) is 0 Å². The highest BCUT2D eigenvalue weighted by atomic mass is 16.8. The van der Waals surface area contributed by atoms with E-state index in [2.05, 4.69) is 16.0 Å². The third-order valence-electron chi connectivity index (χ3n) is 25.6. The maximum absolute atomic E-state index is 14.0. The molecule has 8 aliphatic rings. The zero-order valence-electron chi connectivity index (χ0n) is 78.8. The predicted octanol–water partition coefficient (Wildman–Crippen LogP) is -27.3. The largest absolute Gasteiger partial charge is 0.477 e. The summed E-state index contributed by atoms with van der Waals surface area (Å²) in [6.45, 7) is -17.9. The molecule has 69 heteroatoms. The normalized spacial score (nSPS) is 39.0. The molecule has 0 radical (unpaired) electrons. The van der Waals surface area contributed by atoms with Gasteiger partial charge in [-0.25, -0.2) is 19.2 Å². The van der Waals surface area contributed by atoms with Crippen LogP contribution in [0.4, 0.5) is 0 Å². The molecule has 0 bridgehead atoms. The number of carboxylic acid groups (broad SMARTS) is 4. The van der Waals surface area contributed by atoms with Crippen molar-refractivity contribution in [2.75, 3.05) is 92.5 Å². The number of nitrogens with one attached hydrogen (secondary N) is 7. The number of amides is 7. The van der Waals surface area contributed by atoms with Crippen molar-refractivity contribution >= 4 is 65.2 Å². The molecule has 0 aromatic heterocycles. The second kappa shape index (κ2) is 55.1. The van der Waals surface area contributed by atoms with E-state index >= 15 is 0 Å². The van der Waals surface area contributed by atoms with E-state index < -0.39 is 475 Å². The molecule has 8 rings (SSSR count). The van der Waals surface area contributed by atoms with Gasteiger partial charge in [0.15, 0.2) is 25.2 Å². The van der Waals surface area contributed by atoms with Gasteiger partial charge >= 0.3 is 23.9 Å². The predicted molar refractivity (Wildman–Crippen MR) is 455 cm³/mol. The summed E-state index contributed by atoms with van der Waals surface area (Å²) in [6.07, 6.45) is -98.6. The van der Waals surface area contributed by atoms with Gasteiger partial charge in [0.2, 0.25) is 41.4 Å². The molecular weight excluding hydrogens is 2050 g/mol. The fourth-order valence-electron chi connectivity index (χ4n) is 18.1. The average molecular weight is 2180 g/mol. The molecule has 42 N–H and O–H groups in total. The quantitative estimate of drug-likeness (QED) is 0.0269. The SMILES string of the molecule is CC(=O)N[C@H]1[C@H](O[C@@H]2[C@H](O[C@]3(C(=O)O)C[C@H](O)[C@@H](NC(=O)CO)[C@H]([C@H](O)[C@H](O)CO)O3)[C@@H](NC(C)=O)[C@H](O[C@H]3[C@@H](O)[C@@H](CO)O[C@@H](O[C@@H]4[C@H](O)[C@@H](O)[C@H](O[C@@H]([C@@H](O)[C@H](O)CO[C@]5(C(=O)O)C[C@H](O)[C@@H](NC(=O)CO)[C@H]([C@H](O)[C@@H](CO)O[C@]6(C(=O)O)C[C@H](O)[C@@H](NC(=O)CO)[C@H]([C@H](O)[C@@H](CO)O[C@]7(C(=O)O)C[C@H](O)[C@@H](NC(=O)CO)[C@H]([C@H](O)[C@H](O)CO)O7)O6)O5)[C@H](CO)NC(C)=O)O[C@@H]4CO)[C@@H]3O)O[C@@H]2CO)O[C@H](CO)[C@H](O)[C@@H]1O. The van der Waals surface area contributed by atoms with E-state index in [1.807, 2.05) is 21.3 Å². The first-order valence-corrected chi connectivity index (χ1v) is 45.7. The maximum atomic E-state index is 14.0. The molecule has 0 aliphatic carbocycles. The maximum Gasteiger partial charge on any atom is 0.364 e. The Morgan fingerprint density at radius 1 is 0.329 bits per heavy atom. The van der Waals surface area contributed by atoms with E-state index in [0.29, 0.717) is 0 Å². The highest BCUT2D eigenvalue weighted by Gasteiger charge is 2.67. The fourth-order valence-corrected chi connectivity index (χ4v) is 18.1. The number of ether oxygens (including phenoxy) is 16. The Hall–Kier alpha value is -7.71. The van der Waals surface area contributed by atoms with Crippen LogP contribution in [0.25, 0.3) is 0 Å². The van der Waals surface area contributed by atoms with Crippen LogP contribution >= 0.6 is 0 Å².